The van der Waals surface area contributed by atoms with Gasteiger partial charge in [-0.05, 0) is 0 Å². The minimum atomic E-state index is -5.95. The van der Waals surface area contributed by atoms with Crippen LogP contribution in [0.4, 0.5) is 13.6 Å². The number of amides is 3. The quantitative estimate of drug-likeness (QED) is 0.130. The highest BCUT2D eigenvalue weighted by atomic mass is 31.3. The number of aliphatic hydroxyl groups excluding tert-OH is 1. The molecule has 2 aliphatic heterocycles. The number of ether oxygens (including phenoxy) is 1. The second kappa shape index (κ2) is 9.30. The number of carbonyl (C=O) groups excluding carboxylic acids is 2. The average molecular weight is 547 g/mol. The van der Waals surface area contributed by atoms with E-state index in [9.17, 15) is 42.8 Å². The van der Waals surface area contributed by atoms with Crippen molar-refractivity contribution in [1.29, 1.82) is 0 Å². The maximum Gasteiger partial charge on any atom is 0.506 e. The fraction of sp³-hybridized carbons (Fsp3) is 0.545. The smallest absolute Gasteiger partial charge is 0.420 e. The summed E-state index contributed by atoms with van der Waals surface area (Å²) in [4.78, 5) is 58.5. The first-order valence-corrected chi connectivity index (χ1v) is 12.7. The maximum atomic E-state index is 15.2. The highest BCUT2D eigenvalue weighted by molar-refractivity contribution is 7.66. The summed E-state index contributed by atoms with van der Waals surface area (Å²) in [6.07, 6.45) is -2.53. The molecule has 0 radical (unpaired) electrons. The van der Waals surface area contributed by atoms with E-state index in [0.29, 0.717) is 12.3 Å². The molecule has 0 aromatic heterocycles. The number of halogens is 2. The molecule has 0 aromatic rings. The number of alkyl halides is 2. The van der Waals surface area contributed by atoms with Crippen molar-refractivity contribution in [3.63, 3.8) is 0 Å². The molecule has 0 saturated carbocycles. The molecular formula is C11H16F2N2O15P3+. The lowest BCUT2D eigenvalue weighted by Crippen LogP contribution is -2.53. The third kappa shape index (κ3) is 6.57. The summed E-state index contributed by atoms with van der Waals surface area (Å²) in [5.74, 6) is -5.82. The summed E-state index contributed by atoms with van der Waals surface area (Å²) < 4.78 is 77.7. The Hall–Kier alpha value is -1.46. The van der Waals surface area contributed by atoms with Crippen LogP contribution < -0.4 is 5.32 Å². The Morgan fingerprint density at radius 2 is 1.76 bits per heavy atom. The second-order valence-electron chi connectivity index (χ2n) is 6.30. The highest BCUT2D eigenvalue weighted by Gasteiger charge is 2.67. The average Bonchev–Trinajstić information content (AvgIpc) is 2.80. The summed E-state index contributed by atoms with van der Waals surface area (Å²) in [6, 6.07) is -1.32. The lowest BCUT2D eigenvalue weighted by Gasteiger charge is -2.26. The van der Waals surface area contributed by atoms with Crippen molar-refractivity contribution < 1.29 is 84.3 Å². The third-order valence-corrected chi connectivity index (χ3v) is 7.64. The molecule has 5 atom stereocenters. The number of nitrogens with one attached hydrogen (secondary N) is 1. The molecule has 2 rings (SSSR count). The topological polar surface area (TPSA) is 259 Å². The predicted octanol–water partition coefficient (Wildman–Crippen LogP) is -1.35. The van der Waals surface area contributed by atoms with E-state index in [-0.39, 0.29) is 4.58 Å². The van der Waals surface area contributed by atoms with Crippen molar-refractivity contribution >= 4 is 41.3 Å². The van der Waals surface area contributed by atoms with E-state index in [2.05, 4.69) is 17.9 Å². The Balaban J connectivity index is 2.32. The second-order valence-corrected chi connectivity index (χ2v) is 10.7. The zero-order valence-corrected chi connectivity index (χ0v) is 18.4. The predicted molar refractivity (Wildman–Crippen MR) is 94.2 cm³/mol. The molecule has 2 aliphatic rings. The molecule has 1 saturated heterocycles. The molecular weight excluding hydrogens is 531 g/mol. The number of imide groups is 1. The normalized spacial score (nSPS) is 33.9. The van der Waals surface area contributed by atoms with Gasteiger partial charge in [-0.25, -0.2) is 18.5 Å². The number of nitrogens with zero attached hydrogens (tertiary/aromatic N) is 1. The van der Waals surface area contributed by atoms with Crippen LogP contribution in [0.3, 0.4) is 0 Å². The van der Waals surface area contributed by atoms with Gasteiger partial charge in [0.15, 0.2) is 11.7 Å². The van der Waals surface area contributed by atoms with E-state index in [0.717, 1.165) is 0 Å². The number of hydrogen-bond donors (Lipinski definition) is 7. The Bertz CT molecular complexity index is 1040. The Labute approximate surface area is 181 Å². The zero-order valence-electron chi connectivity index (χ0n) is 15.8. The van der Waals surface area contributed by atoms with Crippen molar-refractivity contribution in [3.05, 3.63) is 12.3 Å². The van der Waals surface area contributed by atoms with Gasteiger partial charge in [-0.3, -0.25) is 8.91 Å². The van der Waals surface area contributed by atoms with Crippen molar-refractivity contribution in [2.75, 3.05) is 13.3 Å². The fourth-order valence-electron chi connectivity index (χ4n) is 2.58. The van der Waals surface area contributed by atoms with E-state index in [1.807, 2.05) is 0 Å². The van der Waals surface area contributed by atoms with Crippen molar-refractivity contribution in [3.8, 4) is 0 Å². The molecule has 17 nitrogen and oxygen atoms in total. The standard InChI is InChI=1S/C11H15F2N2O15P3/c12-3-2-10(19)7(17)11(13,28-8(10)15-4-1-6(16)14-9(15)18)5-27-32(23,24)30-33(25,26)29-31(20,21)22/h1,4,7,17,19H,2-3,5H2,(H4-,14,16,18,20,21,22,23,24,25,26)/p+1. The molecule has 188 valence electrons. The molecule has 33 heavy (non-hydrogen) atoms. The highest BCUT2D eigenvalue weighted by Crippen LogP contribution is 2.66. The van der Waals surface area contributed by atoms with Gasteiger partial charge in [-0.1, -0.05) is 0 Å². The molecule has 3 amide bonds. The van der Waals surface area contributed by atoms with Gasteiger partial charge in [0.2, 0.25) is 0 Å². The molecule has 5 unspecified atom stereocenters. The van der Waals surface area contributed by atoms with Gasteiger partial charge in [0, 0.05) is 6.42 Å². The largest absolute Gasteiger partial charge is 0.506 e. The van der Waals surface area contributed by atoms with Crippen molar-refractivity contribution in [2.24, 2.45) is 0 Å². The van der Waals surface area contributed by atoms with Crippen LogP contribution in [0, 0.1) is 0 Å². The third-order valence-electron chi connectivity index (χ3n) is 3.86. The van der Waals surface area contributed by atoms with E-state index in [1.54, 1.807) is 5.32 Å². The molecule has 0 bridgehead atoms. The van der Waals surface area contributed by atoms with Gasteiger partial charge >= 0.3 is 47.2 Å². The molecule has 0 aromatic carbocycles. The first-order chi connectivity index (χ1) is 14.8. The minimum Gasteiger partial charge on any atom is -0.420 e. The van der Waals surface area contributed by atoms with Gasteiger partial charge in [0.25, 0.3) is 0 Å². The van der Waals surface area contributed by atoms with Crippen LogP contribution in [0.25, 0.3) is 0 Å². The zero-order chi connectivity index (χ0) is 25.5. The molecule has 0 spiro atoms. The number of carbonyl (C=O) groups is 2. The molecule has 22 heteroatoms. The molecule has 1 fully saturated rings. The van der Waals surface area contributed by atoms with E-state index >= 15 is 4.39 Å². The maximum absolute atomic E-state index is 15.2. The summed E-state index contributed by atoms with van der Waals surface area (Å²) >= 11 is 0. The lowest BCUT2D eigenvalue weighted by atomic mass is 9.91. The number of phosphoric acid groups is 3. The summed E-state index contributed by atoms with van der Waals surface area (Å²) in [7, 11) is -17.5. The number of phosphoric ester groups is 1. The Morgan fingerprint density at radius 1 is 1.15 bits per heavy atom. The Kier molecular flexibility index (Phi) is 7.83. The van der Waals surface area contributed by atoms with Crippen LogP contribution in [0.2, 0.25) is 0 Å². The number of aliphatic hydroxyl groups is 2. The van der Waals surface area contributed by atoms with Crippen LogP contribution >= 0.6 is 23.5 Å². The monoisotopic (exact) mass is 547 g/mol. The van der Waals surface area contributed by atoms with Crippen LogP contribution in [0.1, 0.15) is 6.42 Å². The summed E-state index contributed by atoms with van der Waals surface area (Å²) in [5, 5.41) is 22.5. The SMILES string of the molecule is O=C1C=C[N+](=C2OC(F)(COP(=O)(O)OP(=O)(O)OP(=O)(O)O)C(O)C2(O)CCF)C(=O)N1. The molecule has 2 heterocycles. The lowest BCUT2D eigenvalue weighted by molar-refractivity contribution is -0.373. The van der Waals surface area contributed by atoms with Crippen LogP contribution in [-0.2, 0) is 36.4 Å². The van der Waals surface area contributed by atoms with E-state index in [1.165, 1.54) is 0 Å². The van der Waals surface area contributed by atoms with Crippen molar-refractivity contribution in [1.82, 2.24) is 5.32 Å². The number of rotatable bonds is 9. The molecule has 7 N–H and O–H groups in total. The van der Waals surface area contributed by atoms with E-state index < -0.39 is 78.6 Å². The van der Waals surface area contributed by atoms with Crippen LogP contribution in [0.5, 0.6) is 0 Å². The van der Waals surface area contributed by atoms with Crippen LogP contribution in [0.15, 0.2) is 12.3 Å². The van der Waals surface area contributed by atoms with Gasteiger partial charge < -0.3 is 34.5 Å². The first-order valence-electron chi connectivity index (χ1n) is 8.17. The van der Waals surface area contributed by atoms with Gasteiger partial charge in [0.05, 0.1) is 12.8 Å². The number of urea groups is 1. The number of hydrogen-bond acceptors (Lipinski definition) is 11. The van der Waals surface area contributed by atoms with E-state index in [4.69, 9.17) is 14.7 Å². The fourth-order valence-corrected chi connectivity index (χ4v) is 5.62. The first kappa shape index (κ1) is 27.8. The summed E-state index contributed by atoms with van der Waals surface area (Å²) in [5.41, 5.74) is -3.00. The minimum absolute atomic E-state index is 0.284. The van der Waals surface area contributed by atoms with Gasteiger partial charge in [-0.2, -0.15) is 23.1 Å². The Morgan fingerprint density at radius 3 is 2.27 bits per heavy atom. The summed E-state index contributed by atoms with van der Waals surface area (Å²) in [6.45, 7) is -3.31. The van der Waals surface area contributed by atoms with Crippen molar-refractivity contribution in [2.45, 2.75) is 24.0 Å². The van der Waals surface area contributed by atoms with Gasteiger partial charge in [-0.15, -0.1) is 4.58 Å². The van der Waals surface area contributed by atoms with Gasteiger partial charge in [0.1, 0.15) is 12.8 Å². The molecule has 0 aliphatic carbocycles. The van der Waals surface area contributed by atoms with Crippen LogP contribution in [-0.4, -0.2) is 83.0 Å².